The van der Waals surface area contributed by atoms with Crippen molar-refractivity contribution in [2.24, 2.45) is 5.73 Å². The van der Waals surface area contributed by atoms with E-state index in [1.165, 1.54) is 0 Å². The van der Waals surface area contributed by atoms with Crippen molar-refractivity contribution in [2.45, 2.75) is 6.54 Å². The van der Waals surface area contributed by atoms with E-state index < -0.39 is 0 Å². The summed E-state index contributed by atoms with van der Waals surface area (Å²) >= 11 is 0. The van der Waals surface area contributed by atoms with Crippen molar-refractivity contribution in [2.75, 3.05) is 7.11 Å². The van der Waals surface area contributed by atoms with E-state index in [4.69, 9.17) is 10.5 Å². The number of rotatable bonds is 3. The average molecular weight is 203 g/mol. The molecule has 0 amide bonds. The maximum absolute atomic E-state index is 5.60. The molecule has 0 atom stereocenters. The fourth-order valence-corrected chi connectivity index (χ4v) is 1.53. The van der Waals surface area contributed by atoms with Crippen LogP contribution in [-0.4, -0.2) is 16.7 Å². The topological polar surface area (TPSA) is 53.1 Å². The smallest absolute Gasteiger partial charge is 0.142 e. The molecule has 0 saturated heterocycles. The third kappa shape index (κ3) is 1.71. The third-order valence-corrected chi connectivity index (χ3v) is 2.24. The van der Waals surface area contributed by atoms with Gasteiger partial charge in [0.15, 0.2) is 0 Å². The molecule has 0 unspecified atom stereocenters. The average Bonchev–Trinajstić information content (AvgIpc) is 2.76. The Balaban J connectivity index is 2.53. The van der Waals surface area contributed by atoms with Crippen molar-refractivity contribution in [3.05, 3.63) is 42.5 Å². The zero-order valence-corrected chi connectivity index (χ0v) is 8.55. The fourth-order valence-electron chi connectivity index (χ4n) is 1.53. The number of hydrogen-bond donors (Lipinski definition) is 1. The Bertz CT molecular complexity index is 451. The lowest BCUT2D eigenvalue weighted by Gasteiger charge is -2.10. The van der Waals surface area contributed by atoms with E-state index in [9.17, 15) is 0 Å². The largest absolute Gasteiger partial charge is 0.495 e. The van der Waals surface area contributed by atoms with Crippen LogP contribution in [0.4, 0.5) is 0 Å². The van der Waals surface area contributed by atoms with Crippen LogP contribution in [0.3, 0.4) is 0 Å². The fraction of sp³-hybridized carbons (Fsp3) is 0.182. The van der Waals surface area contributed by atoms with Crippen LogP contribution in [0.15, 0.2) is 36.7 Å². The van der Waals surface area contributed by atoms with Crippen molar-refractivity contribution in [1.29, 1.82) is 0 Å². The molecule has 1 aromatic carbocycles. The molecule has 0 aliphatic rings. The molecule has 2 aromatic rings. The molecule has 4 nitrogen and oxygen atoms in total. The highest BCUT2D eigenvalue weighted by Crippen LogP contribution is 2.22. The molecule has 0 saturated carbocycles. The van der Waals surface area contributed by atoms with Crippen molar-refractivity contribution in [1.82, 2.24) is 9.55 Å². The Morgan fingerprint density at radius 1 is 1.40 bits per heavy atom. The number of methoxy groups -OCH3 is 1. The first kappa shape index (κ1) is 9.73. The van der Waals surface area contributed by atoms with Gasteiger partial charge in [-0.2, -0.15) is 0 Å². The molecule has 4 heteroatoms. The molecule has 0 spiro atoms. The second kappa shape index (κ2) is 4.14. The SMILES string of the molecule is COc1ccccc1-n1ccnc1CN. The van der Waals surface area contributed by atoms with Crippen LogP contribution in [0.2, 0.25) is 0 Å². The number of para-hydroxylation sites is 2. The van der Waals surface area contributed by atoms with E-state index in [2.05, 4.69) is 4.98 Å². The summed E-state index contributed by atoms with van der Waals surface area (Å²) in [5.74, 6) is 1.63. The summed E-state index contributed by atoms with van der Waals surface area (Å²) in [4.78, 5) is 4.17. The predicted molar refractivity (Wildman–Crippen MR) is 58.0 cm³/mol. The third-order valence-electron chi connectivity index (χ3n) is 2.24. The van der Waals surface area contributed by atoms with Crippen LogP contribution in [0.5, 0.6) is 5.75 Å². The first-order valence-electron chi connectivity index (χ1n) is 4.72. The van der Waals surface area contributed by atoms with E-state index in [0.717, 1.165) is 17.3 Å². The zero-order chi connectivity index (χ0) is 10.7. The van der Waals surface area contributed by atoms with Crippen molar-refractivity contribution in [3.8, 4) is 11.4 Å². The normalized spacial score (nSPS) is 10.3. The standard InChI is InChI=1S/C11H13N3O/c1-15-10-5-3-2-4-9(10)14-7-6-13-11(14)8-12/h2-7H,8,12H2,1H3. The second-order valence-corrected chi connectivity index (χ2v) is 3.09. The predicted octanol–water partition coefficient (Wildman–Crippen LogP) is 1.34. The van der Waals surface area contributed by atoms with Crippen LogP contribution < -0.4 is 10.5 Å². The molecule has 0 bridgehead atoms. The molecule has 2 N–H and O–H groups in total. The highest BCUT2D eigenvalue weighted by atomic mass is 16.5. The van der Waals surface area contributed by atoms with Gasteiger partial charge < -0.3 is 10.5 Å². The Morgan fingerprint density at radius 2 is 2.20 bits per heavy atom. The van der Waals surface area contributed by atoms with Crippen LogP contribution in [0.1, 0.15) is 5.82 Å². The molecule has 15 heavy (non-hydrogen) atoms. The molecule has 78 valence electrons. The van der Waals surface area contributed by atoms with Gasteiger partial charge in [-0.05, 0) is 12.1 Å². The van der Waals surface area contributed by atoms with Gasteiger partial charge in [0, 0.05) is 12.4 Å². The highest BCUT2D eigenvalue weighted by molar-refractivity contribution is 5.47. The van der Waals surface area contributed by atoms with Gasteiger partial charge in [-0.15, -0.1) is 0 Å². The first-order chi connectivity index (χ1) is 7.36. The molecule has 0 radical (unpaired) electrons. The number of hydrogen-bond acceptors (Lipinski definition) is 3. The lowest BCUT2D eigenvalue weighted by molar-refractivity contribution is 0.412. The number of nitrogens with two attached hydrogens (primary N) is 1. The molecule has 1 aromatic heterocycles. The molecular formula is C11H13N3O. The minimum Gasteiger partial charge on any atom is -0.495 e. The molecular weight excluding hydrogens is 190 g/mol. The summed E-state index contributed by atoms with van der Waals surface area (Å²) in [5.41, 5.74) is 6.56. The summed E-state index contributed by atoms with van der Waals surface area (Å²) in [6.45, 7) is 0.408. The second-order valence-electron chi connectivity index (χ2n) is 3.09. The Hall–Kier alpha value is -1.81. The summed E-state index contributed by atoms with van der Waals surface area (Å²) in [5, 5.41) is 0. The maximum Gasteiger partial charge on any atom is 0.142 e. The van der Waals surface area contributed by atoms with Crippen LogP contribution in [0, 0.1) is 0 Å². The summed E-state index contributed by atoms with van der Waals surface area (Å²) in [6, 6.07) is 7.77. The minimum absolute atomic E-state index is 0.408. The van der Waals surface area contributed by atoms with Gasteiger partial charge in [0.1, 0.15) is 11.6 Å². The number of benzene rings is 1. The lowest BCUT2D eigenvalue weighted by Crippen LogP contribution is -2.07. The molecule has 1 heterocycles. The number of ether oxygens (including phenoxy) is 1. The quantitative estimate of drug-likeness (QED) is 0.819. The van der Waals surface area contributed by atoms with E-state index in [1.54, 1.807) is 13.3 Å². The molecule has 0 aliphatic heterocycles. The highest BCUT2D eigenvalue weighted by Gasteiger charge is 2.07. The van der Waals surface area contributed by atoms with Crippen LogP contribution in [0.25, 0.3) is 5.69 Å². The maximum atomic E-state index is 5.60. The van der Waals surface area contributed by atoms with Crippen LogP contribution in [-0.2, 0) is 6.54 Å². The molecule has 0 aliphatic carbocycles. The Labute approximate surface area is 88.3 Å². The number of nitrogens with zero attached hydrogens (tertiary/aromatic N) is 2. The number of aromatic nitrogens is 2. The van der Waals surface area contributed by atoms with E-state index in [0.29, 0.717) is 6.54 Å². The molecule has 2 rings (SSSR count). The number of imidazole rings is 1. The summed E-state index contributed by atoms with van der Waals surface area (Å²) in [7, 11) is 1.65. The van der Waals surface area contributed by atoms with Gasteiger partial charge in [0.25, 0.3) is 0 Å². The van der Waals surface area contributed by atoms with Gasteiger partial charge in [-0.1, -0.05) is 12.1 Å². The van der Waals surface area contributed by atoms with Gasteiger partial charge in [0.2, 0.25) is 0 Å². The molecule has 0 fully saturated rings. The minimum atomic E-state index is 0.408. The van der Waals surface area contributed by atoms with Gasteiger partial charge in [-0.25, -0.2) is 4.98 Å². The van der Waals surface area contributed by atoms with Gasteiger partial charge in [0.05, 0.1) is 19.3 Å². The van der Waals surface area contributed by atoms with E-state index in [-0.39, 0.29) is 0 Å². The van der Waals surface area contributed by atoms with Gasteiger partial charge in [-0.3, -0.25) is 4.57 Å². The Kier molecular flexibility index (Phi) is 2.69. The lowest BCUT2D eigenvalue weighted by atomic mass is 10.3. The Morgan fingerprint density at radius 3 is 2.93 bits per heavy atom. The van der Waals surface area contributed by atoms with Crippen molar-refractivity contribution >= 4 is 0 Å². The first-order valence-corrected chi connectivity index (χ1v) is 4.72. The van der Waals surface area contributed by atoms with Gasteiger partial charge >= 0.3 is 0 Å². The van der Waals surface area contributed by atoms with Crippen molar-refractivity contribution < 1.29 is 4.74 Å². The van der Waals surface area contributed by atoms with Crippen LogP contribution >= 0.6 is 0 Å². The van der Waals surface area contributed by atoms with E-state index >= 15 is 0 Å². The van der Waals surface area contributed by atoms with E-state index in [1.807, 2.05) is 35.0 Å². The summed E-state index contributed by atoms with van der Waals surface area (Å²) in [6.07, 6.45) is 3.61. The monoisotopic (exact) mass is 203 g/mol. The van der Waals surface area contributed by atoms with Crippen molar-refractivity contribution in [3.63, 3.8) is 0 Å². The zero-order valence-electron chi connectivity index (χ0n) is 8.55. The summed E-state index contributed by atoms with van der Waals surface area (Å²) < 4.78 is 7.21.